The smallest absolute Gasteiger partial charge is 0.317 e. The van der Waals surface area contributed by atoms with E-state index in [9.17, 15) is 13.2 Å². The molecule has 1 aromatic heterocycles. The highest BCUT2D eigenvalue weighted by Crippen LogP contribution is 2.33. The van der Waals surface area contributed by atoms with E-state index in [1.54, 1.807) is 36.6 Å². The van der Waals surface area contributed by atoms with Crippen LogP contribution in [0.4, 0.5) is 0 Å². The van der Waals surface area contributed by atoms with E-state index in [0.29, 0.717) is 24.5 Å². The van der Waals surface area contributed by atoms with Crippen LogP contribution in [-0.2, 0) is 24.1 Å². The first kappa shape index (κ1) is 18.7. The molecule has 1 aromatic carbocycles. The Morgan fingerprint density at radius 3 is 2.19 bits per heavy atom. The number of benzene rings is 1. The molecule has 4 rings (SSSR count). The second-order valence-electron chi connectivity index (χ2n) is 7.88. The molecule has 0 spiro atoms. The van der Waals surface area contributed by atoms with Crippen molar-refractivity contribution in [3.8, 4) is 0 Å². The predicted octanol–water partition coefficient (Wildman–Crippen LogP) is 1.28. The number of hydrogen-bond acceptors (Lipinski definition) is 4. The Bertz CT molecular complexity index is 994. The minimum absolute atomic E-state index is 0.151. The van der Waals surface area contributed by atoms with Crippen LogP contribution in [0.15, 0.2) is 27.9 Å². The van der Waals surface area contributed by atoms with Gasteiger partial charge in [-0.25, -0.2) is 13.2 Å². The van der Waals surface area contributed by atoms with Crippen molar-refractivity contribution >= 4 is 21.1 Å². The largest absolute Gasteiger partial charge is 0.328 e. The molecular weight excluding hydrogens is 364 g/mol. The fourth-order valence-corrected chi connectivity index (χ4v) is 6.19. The molecule has 2 saturated heterocycles. The van der Waals surface area contributed by atoms with Crippen molar-refractivity contribution in [2.45, 2.75) is 30.6 Å². The van der Waals surface area contributed by atoms with E-state index >= 15 is 0 Å². The summed E-state index contributed by atoms with van der Waals surface area (Å²) in [4.78, 5) is 12.4. The van der Waals surface area contributed by atoms with Gasteiger partial charge in [0.25, 0.3) is 0 Å². The summed E-state index contributed by atoms with van der Waals surface area (Å²) in [5.41, 5.74) is 1.24. The lowest BCUT2D eigenvalue weighted by atomic mass is 9.79. The molecule has 0 radical (unpaired) electrons. The number of imidazole rings is 1. The number of piperidine rings is 2. The molecule has 8 heteroatoms. The molecule has 2 aromatic rings. The summed E-state index contributed by atoms with van der Waals surface area (Å²) in [6.45, 7) is 3.34. The van der Waals surface area contributed by atoms with Crippen molar-refractivity contribution in [2.75, 3.05) is 26.2 Å². The number of sulfonamides is 1. The Labute approximate surface area is 160 Å². The molecule has 0 bridgehead atoms. The first-order valence-corrected chi connectivity index (χ1v) is 11.2. The molecular formula is C19H28N4O3S. The van der Waals surface area contributed by atoms with E-state index in [0.717, 1.165) is 37.4 Å². The predicted molar refractivity (Wildman–Crippen MR) is 105 cm³/mol. The molecule has 2 aliphatic heterocycles. The zero-order valence-electron chi connectivity index (χ0n) is 16.0. The molecule has 0 saturated carbocycles. The maximum atomic E-state index is 13.1. The molecule has 0 atom stereocenters. The second-order valence-corrected chi connectivity index (χ2v) is 9.82. The highest BCUT2D eigenvalue weighted by atomic mass is 32.2. The van der Waals surface area contributed by atoms with E-state index in [4.69, 9.17) is 0 Å². The number of fused-ring (bicyclic) bond motifs is 1. The van der Waals surface area contributed by atoms with Gasteiger partial charge in [-0.3, -0.25) is 9.13 Å². The van der Waals surface area contributed by atoms with Gasteiger partial charge in [-0.1, -0.05) is 0 Å². The Kier molecular flexibility index (Phi) is 4.90. The standard InChI is InChI=1S/C19H28N4O3S/c1-21-17-4-3-16(13-18(17)22(2)19(21)24)27(25,26)23-11-7-15(8-12-23)14-5-9-20-10-6-14/h3-4,13-15,20H,5-12H2,1-2H3. The first-order chi connectivity index (χ1) is 12.9. The van der Waals surface area contributed by atoms with Crippen molar-refractivity contribution < 1.29 is 8.42 Å². The van der Waals surface area contributed by atoms with Crippen LogP contribution in [0.3, 0.4) is 0 Å². The van der Waals surface area contributed by atoms with Gasteiger partial charge >= 0.3 is 5.69 Å². The minimum atomic E-state index is -3.53. The number of hydrogen-bond donors (Lipinski definition) is 1. The zero-order chi connectivity index (χ0) is 19.2. The summed E-state index contributed by atoms with van der Waals surface area (Å²) < 4.78 is 30.9. The lowest BCUT2D eigenvalue weighted by Crippen LogP contribution is -2.41. The third kappa shape index (κ3) is 3.23. The van der Waals surface area contributed by atoms with E-state index in [1.165, 1.54) is 22.0 Å². The van der Waals surface area contributed by atoms with Gasteiger partial charge in [-0.2, -0.15) is 4.31 Å². The highest BCUT2D eigenvalue weighted by molar-refractivity contribution is 7.89. The van der Waals surface area contributed by atoms with Crippen LogP contribution in [0.5, 0.6) is 0 Å². The lowest BCUT2D eigenvalue weighted by molar-refractivity contribution is 0.176. The number of aryl methyl sites for hydroxylation is 2. The molecule has 2 fully saturated rings. The van der Waals surface area contributed by atoms with Gasteiger partial charge in [0, 0.05) is 27.2 Å². The zero-order valence-corrected chi connectivity index (χ0v) is 16.8. The Balaban J connectivity index is 1.54. The van der Waals surface area contributed by atoms with Crippen LogP contribution in [0.2, 0.25) is 0 Å². The summed E-state index contributed by atoms with van der Waals surface area (Å²) in [5, 5.41) is 3.40. The molecule has 0 aliphatic carbocycles. The summed E-state index contributed by atoms with van der Waals surface area (Å²) in [7, 11) is -0.161. The molecule has 27 heavy (non-hydrogen) atoms. The number of nitrogens with one attached hydrogen (secondary N) is 1. The summed E-state index contributed by atoms with van der Waals surface area (Å²) >= 11 is 0. The maximum absolute atomic E-state index is 13.1. The number of aromatic nitrogens is 2. The summed E-state index contributed by atoms with van der Waals surface area (Å²) in [6.07, 6.45) is 4.29. The average molecular weight is 393 g/mol. The van der Waals surface area contributed by atoms with E-state index in [-0.39, 0.29) is 10.6 Å². The normalized spacial score (nSPS) is 21.1. The van der Waals surface area contributed by atoms with Crippen LogP contribution in [0.25, 0.3) is 11.0 Å². The molecule has 0 amide bonds. The molecule has 148 valence electrons. The minimum Gasteiger partial charge on any atom is -0.317 e. The fraction of sp³-hybridized carbons (Fsp3) is 0.632. The van der Waals surface area contributed by atoms with Crippen LogP contribution in [0, 0.1) is 11.8 Å². The van der Waals surface area contributed by atoms with Crippen LogP contribution >= 0.6 is 0 Å². The quantitative estimate of drug-likeness (QED) is 0.854. The Hall–Kier alpha value is -1.64. The third-order valence-corrected chi connectivity index (χ3v) is 8.32. The monoisotopic (exact) mass is 392 g/mol. The fourth-order valence-electron chi connectivity index (χ4n) is 4.70. The lowest BCUT2D eigenvalue weighted by Gasteiger charge is -2.37. The maximum Gasteiger partial charge on any atom is 0.328 e. The van der Waals surface area contributed by atoms with E-state index < -0.39 is 10.0 Å². The van der Waals surface area contributed by atoms with Crippen molar-refractivity contribution in [3.05, 3.63) is 28.7 Å². The van der Waals surface area contributed by atoms with Crippen molar-refractivity contribution in [1.29, 1.82) is 0 Å². The average Bonchev–Trinajstić information content (AvgIpc) is 2.92. The van der Waals surface area contributed by atoms with Crippen molar-refractivity contribution in [3.63, 3.8) is 0 Å². The van der Waals surface area contributed by atoms with Gasteiger partial charge < -0.3 is 5.32 Å². The summed E-state index contributed by atoms with van der Waals surface area (Å²) in [5.74, 6) is 1.36. The SMILES string of the molecule is Cn1c(=O)n(C)c2cc(S(=O)(=O)N3CCC(C4CCNCC4)CC3)ccc21. The second kappa shape index (κ2) is 7.07. The van der Waals surface area contributed by atoms with Gasteiger partial charge in [0.1, 0.15) is 0 Å². The van der Waals surface area contributed by atoms with Crippen LogP contribution in [0.1, 0.15) is 25.7 Å². The molecule has 0 unspecified atom stereocenters. The molecule has 7 nitrogen and oxygen atoms in total. The Morgan fingerprint density at radius 2 is 1.52 bits per heavy atom. The van der Waals surface area contributed by atoms with Crippen molar-refractivity contribution in [1.82, 2.24) is 18.8 Å². The van der Waals surface area contributed by atoms with Crippen molar-refractivity contribution in [2.24, 2.45) is 25.9 Å². The first-order valence-electron chi connectivity index (χ1n) is 9.76. The van der Waals surface area contributed by atoms with Gasteiger partial charge in [0.2, 0.25) is 10.0 Å². The molecule has 3 heterocycles. The molecule has 2 aliphatic rings. The van der Waals surface area contributed by atoms with Crippen LogP contribution in [-0.4, -0.2) is 48.0 Å². The molecule has 1 N–H and O–H groups in total. The van der Waals surface area contributed by atoms with Crippen LogP contribution < -0.4 is 11.0 Å². The Morgan fingerprint density at radius 1 is 0.926 bits per heavy atom. The van der Waals surface area contributed by atoms with E-state index in [2.05, 4.69) is 5.32 Å². The topological polar surface area (TPSA) is 76.3 Å². The van der Waals surface area contributed by atoms with Gasteiger partial charge in [-0.15, -0.1) is 0 Å². The van der Waals surface area contributed by atoms with Gasteiger partial charge in [0.15, 0.2) is 0 Å². The van der Waals surface area contributed by atoms with Gasteiger partial charge in [-0.05, 0) is 68.8 Å². The van der Waals surface area contributed by atoms with E-state index in [1.807, 2.05) is 0 Å². The van der Waals surface area contributed by atoms with Gasteiger partial charge in [0.05, 0.1) is 15.9 Å². The number of nitrogens with zero attached hydrogens (tertiary/aromatic N) is 3. The summed E-state index contributed by atoms with van der Waals surface area (Å²) in [6, 6.07) is 4.98. The highest BCUT2D eigenvalue weighted by Gasteiger charge is 2.33. The number of rotatable bonds is 3. The third-order valence-electron chi connectivity index (χ3n) is 6.43.